The molecule has 0 radical (unpaired) electrons. The van der Waals surface area contributed by atoms with E-state index < -0.39 is 11.7 Å². The van der Waals surface area contributed by atoms with Crippen LogP contribution in [0.15, 0.2) is 42.1 Å². The predicted octanol–water partition coefficient (Wildman–Crippen LogP) is 2.20. The van der Waals surface area contributed by atoms with Gasteiger partial charge in [0.2, 0.25) is 0 Å². The Morgan fingerprint density at radius 3 is 2.58 bits per heavy atom. The first-order valence-corrected chi connectivity index (χ1v) is 8.16. The highest BCUT2D eigenvalue weighted by atomic mass is 19.1. The lowest BCUT2D eigenvalue weighted by Gasteiger charge is -2.14. The van der Waals surface area contributed by atoms with Gasteiger partial charge in [0, 0.05) is 23.4 Å². The number of hydrogen-bond donors (Lipinski definition) is 4. The number of amides is 1. The molecule has 2 rings (SSSR count). The molecule has 0 aliphatic carbocycles. The first-order chi connectivity index (χ1) is 12.4. The zero-order valence-electron chi connectivity index (χ0n) is 14.8. The summed E-state index contributed by atoms with van der Waals surface area (Å²) in [6.07, 6.45) is 0.777. The van der Waals surface area contributed by atoms with Gasteiger partial charge in [-0.3, -0.25) is 4.79 Å². The van der Waals surface area contributed by atoms with E-state index in [0.717, 1.165) is 6.42 Å². The number of hydrogen-bond acceptors (Lipinski definition) is 5. The summed E-state index contributed by atoms with van der Waals surface area (Å²) in [6.45, 7) is 2.42. The summed E-state index contributed by atoms with van der Waals surface area (Å²) in [5.41, 5.74) is 20.0. The summed E-state index contributed by atoms with van der Waals surface area (Å²) in [4.78, 5) is 12.0. The van der Waals surface area contributed by atoms with Gasteiger partial charge in [-0.1, -0.05) is 31.2 Å². The van der Waals surface area contributed by atoms with Crippen LogP contribution >= 0.6 is 0 Å². The largest absolute Gasteiger partial charge is 0.494 e. The van der Waals surface area contributed by atoms with Crippen LogP contribution in [0.1, 0.15) is 18.9 Å². The number of halogens is 1. The minimum Gasteiger partial charge on any atom is -0.494 e. The molecule has 0 spiro atoms. The fourth-order valence-corrected chi connectivity index (χ4v) is 2.49. The number of para-hydroxylation sites is 1. The van der Waals surface area contributed by atoms with Crippen molar-refractivity contribution in [3.05, 3.63) is 53.5 Å². The minimum atomic E-state index is -0.503. The Morgan fingerprint density at radius 1 is 1.23 bits per heavy atom. The molecule has 0 aromatic heterocycles. The van der Waals surface area contributed by atoms with Gasteiger partial charge in [0.15, 0.2) is 11.6 Å². The topological polar surface area (TPSA) is 116 Å². The van der Waals surface area contributed by atoms with Gasteiger partial charge < -0.3 is 27.3 Å². The van der Waals surface area contributed by atoms with Crippen LogP contribution in [0.4, 0.5) is 10.1 Å². The lowest BCUT2D eigenvalue weighted by atomic mass is 9.98. The van der Waals surface area contributed by atoms with Gasteiger partial charge in [0.25, 0.3) is 5.91 Å². The van der Waals surface area contributed by atoms with Gasteiger partial charge >= 0.3 is 0 Å². The highest BCUT2D eigenvalue weighted by molar-refractivity contribution is 6.01. The zero-order valence-corrected chi connectivity index (χ0v) is 14.8. The number of benzene rings is 2. The Morgan fingerprint density at radius 2 is 1.96 bits per heavy atom. The zero-order chi connectivity index (χ0) is 19.3. The SMILES string of the molecule is CCCNC(=O)/C(N)=C(\N)c1cccc(-c2ccc(OC)c(F)c2)c1N. The van der Waals surface area contributed by atoms with E-state index in [2.05, 4.69) is 5.32 Å². The molecule has 2 aromatic carbocycles. The van der Waals surface area contributed by atoms with Crippen molar-refractivity contribution in [1.82, 2.24) is 5.32 Å². The van der Waals surface area contributed by atoms with Crippen molar-refractivity contribution in [3.63, 3.8) is 0 Å². The van der Waals surface area contributed by atoms with E-state index in [-0.39, 0.29) is 17.1 Å². The summed E-state index contributed by atoms with van der Waals surface area (Å²) in [6, 6.07) is 9.64. The smallest absolute Gasteiger partial charge is 0.269 e. The third-order valence-corrected chi connectivity index (χ3v) is 3.93. The van der Waals surface area contributed by atoms with Crippen LogP contribution in [0.25, 0.3) is 16.8 Å². The van der Waals surface area contributed by atoms with E-state index >= 15 is 0 Å². The van der Waals surface area contributed by atoms with Crippen LogP contribution in [-0.4, -0.2) is 19.6 Å². The molecule has 0 unspecified atom stereocenters. The number of rotatable bonds is 6. The molecule has 0 atom stereocenters. The second kappa shape index (κ2) is 8.24. The average Bonchev–Trinajstić information content (AvgIpc) is 2.65. The van der Waals surface area contributed by atoms with E-state index in [1.165, 1.54) is 19.2 Å². The molecule has 2 aromatic rings. The van der Waals surface area contributed by atoms with Crippen LogP contribution in [0, 0.1) is 5.82 Å². The number of carbonyl (C=O) groups is 1. The number of methoxy groups -OCH3 is 1. The monoisotopic (exact) mass is 358 g/mol. The molecular weight excluding hydrogens is 335 g/mol. The van der Waals surface area contributed by atoms with Gasteiger partial charge in [-0.05, 0) is 24.1 Å². The van der Waals surface area contributed by atoms with Crippen molar-refractivity contribution >= 4 is 17.3 Å². The Balaban J connectivity index is 2.46. The van der Waals surface area contributed by atoms with E-state index in [9.17, 15) is 9.18 Å². The third-order valence-electron chi connectivity index (χ3n) is 3.93. The number of carbonyl (C=O) groups excluding carboxylic acids is 1. The number of nitrogen functional groups attached to an aromatic ring is 1. The van der Waals surface area contributed by atoms with Crippen LogP contribution in [-0.2, 0) is 4.79 Å². The number of nitrogens with two attached hydrogens (primary N) is 3. The Kier molecular flexibility index (Phi) is 6.06. The number of nitrogens with one attached hydrogen (secondary N) is 1. The minimum absolute atomic E-state index is 0.0759. The maximum Gasteiger partial charge on any atom is 0.269 e. The highest BCUT2D eigenvalue weighted by Crippen LogP contribution is 2.33. The van der Waals surface area contributed by atoms with E-state index in [1.807, 2.05) is 6.92 Å². The molecule has 26 heavy (non-hydrogen) atoms. The highest BCUT2D eigenvalue weighted by Gasteiger charge is 2.16. The van der Waals surface area contributed by atoms with Crippen LogP contribution in [0.3, 0.4) is 0 Å². The molecular formula is C19H23FN4O2. The predicted molar refractivity (Wildman–Crippen MR) is 101 cm³/mol. The molecule has 0 aliphatic rings. The van der Waals surface area contributed by atoms with Gasteiger partial charge in [-0.15, -0.1) is 0 Å². The molecule has 7 N–H and O–H groups in total. The summed E-state index contributed by atoms with van der Waals surface area (Å²) < 4.78 is 18.9. The summed E-state index contributed by atoms with van der Waals surface area (Å²) in [7, 11) is 1.39. The molecule has 0 saturated heterocycles. The van der Waals surface area contributed by atoms with Crippen LogP contribution < -0.4 is 27.3 Å². The fourth-order valence-electron chi connectivity index (χ4n) is 2.49. The standard InChI is InChI=1S/C19H23FN4O2/c1-3-9-24-19(25)18(23)17(22)13-6-4-5-12(16(13)21)11-7-8-15(26-2)14(20)10-11/h4-8,10H,3,9,21-23H2,1-2H3,(H,24,25)/b18-17+. The second-order valence-corrected chi connectivity index (χ2v) is 5.70. The van der Waals surface area contributed by atoms with Crippen molar-refractivity contribution in [2.75, 3.05) is 19.4 Å². The van der Waals surface area contributed by atoms with Gasteiger partial charge in [0.1, 0.15) is 5.70 Å². The molecule has 6 nitrogen and oxygen atoms in total. The number of anilines is 1. The number of ether oxygens (including phenoxy) is 1. The molecule has 0 heterocycles. The molecule has 0 bridgehead atoms. The molecule has 0 fully saturated rings. The molecule has 0 aliphatic heterocycles. The lowest BCUT2D eigenvalue weighted by Crippen LogP contribution is -2.31. The first-order valence-electron chi connectivity index (χ1n) is 8.16. The van der Waals surface area contributed by atoms with Crippen molar-refractivity contribution in [2.24, 2.45) is 11.5 Å². The maximum atomic E-state index is 14.0. The van der Waals surface area contributed by atoms with Gasteiger partial charge in [-0.2, -0.15) is 0 Å². The van der Waals surface area contributed by atoms with E-state index in [4.69, 9.17) is 21.9 Å². The molecule has 138 valence electrons. The van der Waals surface area contributed by atoms with E-state index in [1.54, 1.807) is 24.3 Å². The summed E-state index contributed by atoms with van der Waals surface area (Å²) in [5, 5.41) is 2.66. The van der Waals surface area contributed by atoms with Gasteiger partial charge in [-0.25, -0.2) is 4.39 Å². The second-order valence-electron chi connectivity index (χ2n) is 5.70. The third kappa shape index (κ3) is 3.88. The quantitative estimate of drug-likeness (QED) is 0.467. The van der Waals surface area contributed by atoms with E-state index in [0.29, 0.717) is 28.9 Å². The summed E-state index contributed by atoms with van der Waals surface area (Å²) in [5.74, 6) is -0.818. The van der Waals surface area contributed by atoms with Crippen molar-refractivity contribution in [2.45, 2.75) is 13.3 Å². The van der Waals surface area contributed by atoms with Crippen LogP contribution in [0.5, 0.6) is 5.75 Å². The van der Waals surface area contributed by atoms with Crippen LogP contribution in [0.2, 0.25) is 0 Å². The lowest BCUT2D eigenvalue weighted by molar-refractivity contribution is -0.117. The molecule has 7 heteroatoms. The maximum absolute atomic E-state index is 14.0. The molecule has 0 saturated carbocycles. The van der Waals surface area contributed by atoms with Crippen molar-refractivity contribution < 1.29 is 13.9 Å². The Hall–Kier alpha value is -3.22. The van der Waals surface area contributed by atoms with Crippen molar-refractivity contribution in [3.8, 4) is 16.9 Å². The normalized spacial score (nSPS) is 11.7. The summed E-state index contributed by atoms with van der Waals surface area (Å²) >= 11 is 0. The molecule has 1 amide bonds. The van der Waals surface area contributed by atoms with Gasteiger partial charge in [0.05, 0.1) is 12.8 Å². The fraction of sp³-hybridized carbons (Fsp3) is 0.211. The van der Waals surface area contributed by atoms with Crippen molar-refractivity contribution in [1.29, 1.82) is 0 Å². The average molecular weight is 358 g/mol. The first kappa shape index (κ1) is 19.1. The Labute approximate surface area is 151 Å². The Bertz CT molecular complexity index is 849.